The molecule has 0 aromatic rings. The van der Waals surface area contributed by atoms with Gasteiger partial charge in [0.2, 0.25) is 0 Å². The average Bonchev–Trinajstić information content (AvgIpc) is 2.93. The molecule has 126 valence electrons. The number of halogens is 1. The van der Waals surface area contributed by atoms with Gasteiger partial charge >= 0.3 is 0 Å². The second-order valence-corrected chi connectivity index (χ2v) is 5.27. The number of hydrogen-bond donors (Lipinski definition) is 2. The predicted molar refractivity (Wildman–Crippen MR) is 101 cm³/mol. The van der Waals surface area contributed by atoms with Gasteiger partial charge in [0.25, 0.3) is 0 Å². The maximum atomic E-state index is 5.53. The Kier molecular flexibility index (Phi) is 13.5. The Bertz CT molecular complexity index is 276. The number of likely N-dealkylation sites (N-methyl/N-ethyl adjacent to an activating group) is 1. The summed E-state index contributed by atoms with van der Waals surface area (Å²) in [5.41, 5.74) is 0. The second-order valence-electron chi connectivity index (χ2n) is 5.27. The van der Waals surface area contributed by atoms with Crippen LogP contribution in [-0.2, 0) is 4.74 Å². The second kappa shape index (κ2) is 13.6. The smallest absolute Gasteiger partial charge is 0.191 e. The van der Waals surface area contributed by atoms with Gasteiger partial charge in [-0.25, -0.2) is 0 Å². The standard InChI is InChI=1S/C15H32N4O.HI/c1-4-6-11-20-12-9-17-15(16-3)18-13-14-8-7-10-19(14)5-2;/h14H,4-13H2,1-3H3,(H2,16,17,18);1H. The van der Waals surface area contributed by atoms with Crippen LogP contribution in [0.25, 0.3) is 0 Å². The SMILES string of the molecule is CCCCOCCNC(=NC)NCC1CCCN1CC.I. The summed E-state index contributed by atoms with van der Waals surface area (Å²) in [7, 11) is 1.82. The number of aliphatic imine (C=N–C) groups is 1. The fraction of sp³-hybridized carbons (Fsp3) is 0.933. The fourth-order valence-electron chi connectivity index (χ4n) is 2.57. The van der Waals surface area contributed by atoms with Crippen molar-refractivity contribution >= 4 is 29.9 Å². The number of nitrogens with one attached hydrogen (secondary N) is 2. The summed E-state index contributed by atoms with van der Waals surface area (Å²) >= 11 is 0. The van der Waals surface area contributed by atoms with Crippen molar-refractivity contribution in [1.29, 1.82) is 0 Å². The monoisotopic (exact) mass is 412 g/mol. The zero-order chi connectivity index (χ0) is 14.6. The number of rotatable bonds is 9. The van der Waals surface area contributed by atoms with E-state index in [9.17, 15) is 0 Å². The summed E-state index contributed by atoms with van der Waals surface area (Å²) in [4.78, 5) is 6.79. The molecule has 0 bridgehead atoms. The first-order chi connectivity index (χ1) is 9.81. The van der Waals surface area contributed by atoms with Crippen LogP contribution in [0.1, 0.15) is 39.5 Å². The number of likely N-dealkylation sites (tertiary alicyclic amines) is 1. The molecule has 1 aliphatic heterocycles. The average molecular weight is 412 g/mol. The van der Waals surface area contributed by atoms with Gasteiger partial charge in [-0.2, -0.15) is 0 Å². The highest BCUT2D eigenvalue weighted by Crippen LogP contribution is 2.15. The van der Waals surface area contributed by atoms with E-state index in [2.05, 4.69) is 34.4 Å². The molecule has 1 atom stereocenters. The zero-order valence-electron chi connectivity index (χ0n) is 13.9. The molecule has 0 radical (unpaired) electrons. The first kappa shape index (κ1) is 20.9. The summed E-state index contributed by atoms with van der Waals surface area (Å²) in [6.07, 6.45) is 4.93. The van der Waals surface area contributed by atoms with Crippen LogP contribution in [0, 0.1) is 0 Å². The Hall–Kier alpha value is -0.0800. The highest BCUT2D eigenvalue weighted by atomic mass is 127. The van der Waals surface area contributed by atoms with Crippen LogP contribution < -0.4 is 10.6 Å². The van der Waals surface area contributed by atoms with Crippen molar-refractivity contribution in [3.63, 3.8) is 0 Å². The van der Waals surface area contributed by atoms with Crippen molar-refractivity contribution < 1.29 is 4.74 Å². The molecule has 1 aliphatic rings. The van der Waals surface area contributed by atoms with Gasteiger partial charge in [-0.1, -0.05) is 20.3 Å². The Balaban J connectivity index is 0.00000400. The van der Waals surface area contributed by atoms with E-state index < -0.39 is 0 Å². The van der Waals surface area contributed by atoms with E-state index in [0.717, 1.165) is 45.2 Å². The molecule has 5 nitrogen and oxygen atoms in total. The molecular weight excluding hydrogens is 379 g/mol. The predicted octanol–water partition coefficient (Wildman–Crippen LogP) is 2.07. The normalized spacial score (nSPS) is 19.4. The first-order valence-corrected chi connectivity index (χ1v) is 8.08. The number of guanidine groups is 1. The number of ether oxygens (including phenoxy) is 1. The van der Waals surface area contributed by atoms with Crippen molar-refractivity contribution in [3.8, 4) is 0 Å². The Morgan fingerprint density at radius 2 is 2.10 bits per heavy atom. The maximum Gasteiger partial charge on any atom is 0.191 e. The zero-order valence-corrected chi connectivity index (χ0v) is 16.2. The fourth-order valence-corrected chi connectivity index (χ4v) is 2.57. The van der Waals surface area contributed by atoms with Crippen molar-refractivity contribution in [2.24, 2.45) is 4.99 Å². The van der Waals surface area contributed by atoms with Crippen molar-refractivity contribution in [2.75, 3.05) is 46.4 Å². The number of nitrogens with zero attached hydrogens (tertiary/aromatic N) is 2. The van der Waals surface area contributed by atoms with E-state index in [1.165, 1.54) is 25.8 Å². The van der Waals surface area contributed by atoms with Gasteiger partial charge < -0.3 is 15.4 Å². The third kappa shape index (κ3) is 8.83. The molecule has 1 fully saturated rings. The molecule has 0 aliphatic carbocycles. The molecule has 0 aromatic heterocycles. The molecule has 0 aromatic carbocycles. The van der Waals surface area contributed by atoms with E-state index in [0.29, 0.717) is 6.04 Å². The van der Waals surface area contributed by atoms with E-state index in [-0.39, 0.29) is 24.0 Å². The molecule has 1 saturated heterocycles. The van der Waals surface area contributed by atoms with E-state index in [1.807, 2.05) is 7.05 Å². The summed E-state index contributed by atoms with van der Waals surface area (Å²) in [6.45, 7) is 10.2. The van der Waals surface area contributed by atoms with Crippen LogP contribution in [-0.4, -0.2) is 63.3 Å². The molecule has 6 heteroatoms. The molecule has 1 unspecified atom stereocenters. The number of hydrogen-bond acceptors (Lipinski definition) is 3. The van der Waals surface area contributed by atoms with Gasteiger partial charge in [-0.05, 0) is 32.4 Å². The molecule has 0 amide bonds. The van der Waals surface area contributed by atoms with Crippen LogP contribution in [0.15, 0.2) is 4.99 Å². The molecule has 1 rings (SSSR count). The summed E-state index contributed by atoms with van der Waals surface area (Å²) < 4.78 is 5.53. The van der Waals surface area contributed by atoms with E-state index in [1.54, 1.807) is 0 Å². The minimum absolute atomic E-state index is 0. The summed E-state index contributed by atoms with van der Waals surface area (Å²) in [5, 5.41) is 6.72. The first-order valence-electron chi connectivity index (χ1n) is 8.08. The lowest BCUT2D eigenvalue weighted by atomic mass is 10.2. The highest BCUT2D eigenvalue weighted by Gasteiger charge is 2.22. The van der Waals surface area contributed by atoms with Gasteiger partial charge in [-0.3, -0.25) is 9.89 Å². The van der Waals surface area contributed by atoms with Gasteiger partial charge in [0, 0.05) is 32.8 Å². The minimum Gasteiger partial charge on any atom is -0.380 e. The Morgan fingerprint density at radius 3 is 2.76 bits per heavy atom. The lowest BCUT2D eigenvalue weighted by Crippen LogP contribution is -2.45. The molecular formula is C15H33IN4O. The van der Waals surface area contributed by atoms with Crippen molar-refractivity contribution in [1.82, 2.24) is 15.5 Å². The quantitative estimate of drug-likeness (QED) is 0.264. The summed E-state index contributed by atoms with van der Waals surface area (Å²) in [5.74, 6) is 0.882. The van der Waals surface area contributed by atoms with Crippen LogP contribution in [0.4, 0.5) is 0 Å². The van der Waals surface area contributed by atoms with Crippen LogP contribution >= 0.6 is 24.0 Å². The van der Waals surface area contributed by atoms with E-state index >= 15 is 0 Å². The molecule has 21 heavy (non-hydrogen) atoms. The molecule has 0 saturated carbocycles. The van der Waals surface area contributed by atoms with Crippen LogP contribution in [0.5, 0.6) is 0 Å². The van der Waals surface area contributed by atoms with Gasteiger partial charge in [0.1, 0.15) is 0 Å². The summed E-state index contributed by atoms with van der Waals surface area (Å²) in [6, 6.07) is 0.652. The van der Waals surface area contributed by atoms with Crippen LogP contribution in [0.2, 0.25) is 0 Å². The minimum atomic E-state index is 0. The van der Waals surface area contributed by atoms with Crippen molar-refractivity contribution in [2.45, 2.75) is 45.6 Å². The number of unbranched alkanes of at least 4 members (excludes halogenated alkanes) is 1. The van der Waals surface area contributed by atoms with Crippen LogP contribution in [0.3, 0.4) is 0 Å². The topological polar surface area (TPSA) is 48.9 Å². The third-order valence-electron chi connectivity index (χ3n) is 3.82. The Morgan fingerprint density at radius 1 is 1.29 bits per heavy atom. The molecule has 1 heterocycles. The van der Waals surface area contributed by atoms with E-state index in [4.69, 9.17) is 4.74 Å². The molecule has 0 spiro atoms. The largest absolute Gasteiger partial charge is 0.380 e. The maximum absolute atomic E-state index is 5.53. The Labute approximate surface area is 147 Å². The highest BCUT2D eigenvalue weighted by molar-refractivity contribution is 14.0. The van der Waals surface area contributed by atoms with Crippen molar-refractivity contribution in [3.05, 3.63) is 0 Å². The van der Waals surface area contributed by atoms with Gasteiger partial charge in [0.05, 0.1) is 6.61 Å². The van der Waals surface area contributed by atoms with Gasteiger partial charge in [0.15, 0.2) is 5.96 Å². The lowest BCUT2D eigenvalue weighted by Gasteiger charge is -2.23. The molecule has 2 N–H and O–H groups in total. The van der Waals surface area contributed by atoms with Gasteiger partial charge in [-0.15, -0.1) is 24.0 Å². The third-order valence-corrected chi connectivity index (χ3v) is 3.82. The lowest BCUT2D eigenvalue weighted by molar-refractivity contribution is 0.136.